The molecule has 2 saturated carbocycles. The molecule has 2 aromatic rings. The van der Waals surface area contributed by atoms with E-state index >= 15 is 0 Å². The van der Waals surface area contributed by atoms with E-state index in [4.69, 9.17) is 54.1 Å². The van der Waals surface area contributed by atoms with Gasteiger partial charge in [-0.15, -0.1) is 0 Å². The fraction of sp³-hybridized carbons (Fsp3) is 0.565. The van der Waals surface area contributed by atoms with Crippen LogP contribution in [0.3, 0.4) is 0 Å². The number of carbonyl (C=O) groups excluding carboxylic acids is 7. The maximum Gasteiger partial charge on any atom is 0.471 e. The standard InChI is InChI=1S/C23H28ClF3N2O6.C16H19Cl2NO3.C7H10F3NO3/c1-13(2)18(28-20(32)23(25,26)27)19(31)34-14(3)35-21(33)29(4)22(12-8-7-11-17(22)30)15-9-5-6-10-16(15)24;1-11(17)22-15(21)19(2)16(10-6-5-9-14(16)20)12-7-3-4-8-13(12)18;1-3(2)4(5(12)13)11-6(14)7(8,9)10/h5-6,9-10,13-14,18H,7-8,11-12H2,1-4H3,(H,28,32);3-4,7-8,11H,5-6,9-10H2,1-2H3;3-4H,1-2H3,(H,11,14)(H,12,13)/t14?,18-,22-;11?,16-;4-/m000/s1. The SMILES string of the molecule is CC(C)[C@H](NC(=O)C(F)(F)F)C(=O)O.CC(Cl)OC(=O)N(C)[C@]1(c2ccccc2Cl)CCCCC1=O.CC(OC(=O)[C@@H](NC(=O)C(F)(F)F)C(C)C)OC(=O)N(C)[C@]1(c2ccccc2Cl)CCCCC1=O. The largest absolute Gasteiger partial charge is 0.480 e. The minimum atomic E-state index is -5.19. The van der Waals surface area contributed by atoms with E-state index < -0.39 is 95.1 Å². The van der Waals surface area contributed by atoms with Crippen LogP contribution in [0.5, 0.6) is 0 Å². The number of rotatable bonds is 13. The van der Waals surface area contributed by atoms with Crippen LogP contribution in [0, 0.1) is 11.8 Å². The number of aliphatic carboxylic acids is 1. The molecule has 2 aliphatic carbocycles. The van der Waals surface area contributed by atoms with Crippen LogP contribution in [0.2, 0.25) is 10.0 Å². The maximum absolute atomic E-state index is 13.1. The van der Waals surface area contributed by atoms with Crippen molar-refractivity contribution in [1.82, 2.24) is 20.4 Å². The number of halogens is 9. The Kier molecular flexibility index (Phi) is 22.9. The van der Waals surface area contributed by atoms with Crippen molar-refractivity contribution in [2.75, 3.05) is 14.1 Å². The van der Waals surface area contributed by atoms with E-state index in [-0.39, 0.29) is 18.0 Å². The van der Waals surface area contributed by atoms with Gasteiger partial charge in [0.2, 0.25) is 6.29 Å². The number of hydrogen-bond donors (Lipinski definition) is 3. The van der Waals surface area contributed by atoms with Gasteiger partial charge in [-0.25, -0.2) is 19.2 Å². The van der Waals surface area contributed by atoms with Crippen molar-refractivity contribution >= 4 is 82.3 Å². The molecule has 16 nitrogen and oxygen atoms in total. The summed E-state index contributed by atoms with van der Waals surface area (Å²) in [6.45, 7) is 8.37. The molecule has 25 heteroatoms. The van der Waals surface area contributed by atoms with Gasteiger partial charge in [-0.3, -0.25) is 29.0 Å². The Bertz CT molecular complexity index is 2230. The van der Waals surface area contributed by atoms with E-state index in [2.05, 4.69) is 0 Å². The second-order valence-electron chi connectivity index (χ2n) is 17.1. The Morgan fingerprint density at radius 3 is 1.31 bits per heavy atom. The lowest BCUT2D eigenvalue weighted by atomic mass is 9.74. The monoisotopic (exact) mass is 1080 g/mol. The highest BCUT2D eigenvalue weighted by atomic mass is 35.5. The third kappa shape index (κ3) is 16.3. The number of ketones is 2. The van der Waals surface area contributed by atoms with Crippen LogP contribution >= 0.6 is 34.8 Å². The van der Waals surface area contributed by atoms with Crippen molar-refractivity contribution in [3.8, 4) is 0 Å². The van der Waals surface area contributed by atoms with Crippen LogP contribution in [0.15, 0.2) is 48.5 Å². The molecule has 0 saturated heterocycles. The number of nitrogens with one attached hydrogen (secondary N) is 2. The third-order valence-electron chi connectivity index (χ3n) is 11.4. The number of ether oxygens (including phenoxy) is 3. The predicted octanol–water partition coefficient (Wildman–Crippen LogP) is 9.44. The van der Waals surface area contributed by atoms with E-state index in [0.717, 1.165) is 17.7 Å². The number of carbonyl (C=O) groups is 8. The Balaban J connectivity index is 0.000000407. The number of esters is 1. The third-order valence-corrected chi connectivity index (χ3v) is 12.1. The number of carboxylic acid groups (broad SMARTS) is 1. The van der Waals surface area contributed by atoms with Crippen LogP contribution in [-0.4, -0.2) is 113 Å². The first-order chi connectivity index (χ1) is 32.8. The second-order valence-corrected chi connectivity index (χ2v) is 18.5. The summed E-state index contributed by atoms with van der Waals surface area (Å²) in [4.78, 5) is 98.1. The molecule has 0 bridgehead atoms. The zero-order chi connectivity index (χ0) is 54.4. The quantitative estimate of drug-likeness (QED) is 0.0740. The Morgan fingerprint density at radius 1 is 0.620 bits per heavy atom. The van der Waals surface area contributed by atoms with Gasteiger partial charge in [-0.05, 0) is 69.4 Å². The number of Topliss-reactive ketones (excluding diaryl/α,β-unsaturated/α-hetero) is 2. The molecule has 0 spiro atoms. The highest BCUT2D eigenvalue weighted by Gasteiger charge is 2.51. The minimum absolute atomic E-state index is 0.0199. The van der Waals surface area contributed by atoms with Gasteiger partial charge in [-0.2, -0.15) is 26.3 Å². The summed E-state index contributed by atoms with van der Waals surface area (Å²) in [7, 11) is 2.93. The molecule has 396 valence electrons. The molecule has 0 aliphatic heterocycles. The van der Waals surface area contributed by atoms with Crippen molar-refractivity contribution < 1.29 is 84.0 Å². The summed E-state index contributed by atoms with van der Waals surface area (Å²) in [5, 5.41) is 12.2. The van der Waals surface area contributed by atoms with Gasteiger partial charge in [0.25, 0.3) is 0 Å². The minimum Gasteiger partial charge on any atom is -0.480 e. The molecule has 0 aromatic heterocycles. The molecule has 71 heavy (non-hydrogen) atoms. The smallest absolute Gasteiger partial charge is 0.471 e. The Hall–Kier alpha value is -5.35. The highest BCUT2D eigenvalue weighted by molar-refractivity contribution is 6.32. The molecular weight excluding hydrogens is 1020 g/mol. The first-order valence-electron chi connectivity index (χ1n) is 22.0. The van der Waals surface area contributed by atoms with Gasteiger partial charge in [0, 0.05) is 55.0 Å². The van der Waals surface area contributed by atoms with E-state index in [1.165, 1.54) is 51.9 Å². The molecule has 0 radical (unpaired) electrons. The van der Waals surface area contributed by atoms with Crippen molar-refractivity contribution in [2.24, 2.45) is 11.8 Å². The Labute approximate surface area is 421 Å². The lowest BCUT2D eigenvalue weighted by molar-refractivity contribution is -0.181. The van der Waals surface area contributed by atoms with Gasteiger partial charge in [-0.1, -0.05) is 98.9 Å². The van der Waals surface area contributed by atoms with Crippen LogP contribution in [0.4, 0.5) is 35.9 Å². The van der Waals surface area contributed by atoms with E-state index in [1.54, 1.807) is 61.8 Å². The van der Waals surface area contributed by atoms with Gasteiger partial charge >= 0.3 is 48.3 Å². The summed E-state index contributed by atoms with van der Waals surface area (Å²) in [5.74, 6) is -8.84. The molecule has 4 amide bonds. The number of carboxylic acids is 1. The summed E-state index contributed by atoms with van der Waals surface area (Å²) in [6, 6.07) is 10.6. The summed E-state index contributed by atoms with van der Waals surface area (Å²) < 4.78 is 88.2. The molecule has 2 aliphatic rings. The number of hydrogen-bond acceptors (Lipinski definition) is 11. The molecule has 3 N–H and O–H groups in total. The average Bonchev–Trinajstić information content (AvgIpc) is 3.26. The average molecular weight is 1080 g/mol. The molecular formula is C46H57Cl3F6N4O12. The normalized spacial score (nSPS) is 19.8. The number of amides is 4. The predicted molar refractivity (Wildman–Crippen MR) is 246 cm³/mol. The van der Waals surface area contributed by atoms with E-state index in [1.807, 2.05) is 6.07 Å². The van der Waals surface area contributed by atoms with Crippen LogP contribution in [-0.2, 0) is 54.1 Å². The zero-order valence-corrected chi connectivity index (χ0v) is 42.2. The van der Waals surface area contributed by atoms with Gasteiger partial charge < -0.3 is 30.0 Å². The lowest BCUT2D eigenvalue weighted by Gasteiger charge is -2.43. The first kappa shape index (κ1) is 61.8. The van der Waals surface area contributed by atoms with Gasteiger partial charge in [0.1, 0.15) is 23.2 Å². The van der Waals surface area contributed by atoms with Crippen LogP contribution in [0.25, 0.3) is 0 Å². The molecule has 0 heterocycles. The molecule has 4 rings (SSSR count). The molecule has 2 fully saturated rings. The number of nitrogens with zero attached hydrogens (tertiary/aromatic N) is 2. The van der Waals surface area contributed by atoms with Gasteiger partial charge in [0.15, 0.2) is 17.1 Å². The van der Waals surface area contributed by atoms with E-state index in [0.29, 0.717) is 53.3 Å². The summed E-state index contributed by atoms with van der Waals surface area (Å²) in [5.41, 5.74) is -2.16. The van der Waals surface area contributed by atoms with Crippen molar-refractivity contribution in [3.63, 3.8) is 0 Å². The fourth-order valence-electron chi connectivity index (χ4n) is 7.73. The van der Waals surface area contributed by atoms with Crippen molar-refractivity contribution in [3.05, 3.63) is 69.7 Å². The molecule has 2 aromatic carbocycles. The number of likely N-dealkylation sites (N-methyl/N-ethyl adjacent to an activating group) is 2. The summed E-state index contributed by atoms with van der Waals surface area (Å²) in [6.07, 6.45) is -8.97. The maximum atomic E-state index is 13.1. The lowest BCUT2D eigenvalue weighted by Crippen LogP contribution is -2.55. The van der Waals surface area contributed by atoms with Crippen molar-refractivity contribution in [1.29, 1.82) is 0 Å². The van der Waals surface area contributed by atoms with Gasteiger partial charge in [0.05, 0.1) is 0 Å². The number of alkyl halides is 7. The Morgan fingerprint density at radius 2 is 0.986 bits per heavy atom. The highest BCUT2D eigenvalue weighted by Crippen LogP contribution is 2.44. The van der Waals surface area contributed by atoms with Crippen LogP contribution < -0.4 is 10.6 Å². The first-order valence-corrected chi connectivity index (χ1v) is 23.2. The second kappa shape index (κ2) is 26.4. The fourth-order valence-corrected chi connectivity index (χ4v) is 8.39. The zero-order valence-electron chi connectivity index (χ0n) is 40.0. The molecule has 6 atom stereocenters. The number of benzene rings is 2. The van der Waals surface area contributed by atoms with Crippen molar-refractivity contribution in [2.45, 2.75) is 140 Å². The topological polar surface area (TPSA) is 215 Å². The van der Waals surface area contributed by atoms with E-state index in [9.17, 15) is 64.7 Å². The van der Waals surface area contributed by atoms with Crippen LogP contribution in [0.1, 0.15) is 104 Å². The summed E-state index contributed by atoms with van der Waals surface area (Å²) >= 11 is 18.4. The molecule has 2 unspecified atom stereocenters.